The van der Waals surface area contributed by atoms with Crippen molar-refractivity contribution in [3.05, 3.63) is 11.8 Å². The molecule has 0 aromatic heterocycles. The van der Waals surface area contributed by atoms with Crippen LogP contribution in [0.1, 0.15) is 65.7 Å². The SMILES string of the molecule is CC(=O)[C@H]1CC[C@H]2[C@H]3CC=C4OC(=O)CC[C@]4(C)[C@@H]3CC[C@]12C. The number of hydrogen-bond acceptors (Lipinski definition) is 3. The number of rotatable bonds is 1. The molecule has 1 saturated heterocycles. The van der Waals surface area contributed by atoms with Gasteiger partial charge in [-0.1, -0.05) is 13.8 Å². The lowest BCUT2D eigenvalue weighted by molar-refractivity contribution is -0.152. The predicted molar refractivity (Wildman–Crippen MR) is 87.3 cm³/mol. The number of hydrogen-bond donors (Lipinski definition) is 0. The maximum Gasteiger partial charge on any atom is 0.310 e. The summed E-state index contributed by atoms with van der Waals surface area (Å²) < 4.78 is 5.61. The van der Waals surface area contributed by atoms with Crippen LogP contribution in [0.2, 0.25) is 0 Å². The highest BCUT2D eigenvalue weighted by Gasteiger charge is 2.60. The highest BCUT2D eigenvalue weighted by atomic mass is 16.5. The summed E-state index contributed by atoms with van der Waals surface area (Å²) in [5, 5.41) is 0. The molecular formula is C20H28O3. The van der Waals surface area contributed by atoms with E-state index in [2.05, 4.69) is 19.9 Å². The summed E-state index contributed by atoms with van der Waals surface area (Å²) >= 11 is 0. The highest BCUT2D eigenvalue weighted by Crippen LogP contribution is 2.65. The van der Waals surface area contributed by atoms with E-state index in [0.717, 1.165) is 31.4 Å². The Morgan fingerprint density at radius 2 is 1.96 bits per heavy atom. The Kier molecular flexibility index (Phi) is 3.31. The zero-order valence-corrected chi connectivity index (χ0v) is 14.6. The molecular weight excluding hydrogens is 288 g/mol. The summed E-state index contributed by atoms with van der Waals surface area (Å²) in [5.41, 5.74) is 0.229. The van der Waals surface area contributed by atoms with Crippen molar-refractivity contribution in [3.8, 4) is 0 Å². The molecule has 4 rings (SSSR count). The third-order valence-corrected chi connectivity index (χ3v) is 7.96. The van der Waals surface area contributed by atoms with Gasteiger partial charge in [-0.3, -0.25) is 9.59 Å². The van der Waals surface area contributed by atoms with Crippen molar-refractivity contribution in [1.29, 1.82) is 0 Å². The first kappa shape index (κ1) is 15.4. The van der Waals surface area contributed by atoms with Crippen LogP contribution in [0.5, 0.6) is 0 Å². The van der Waals surface area contributed by atoms with Gasteiger partial charge in [0.15, 0.2) is 0 Å². The molecule has 23 heavy (non-hydrogen) atoms. The molecule has 2 saturated carbocycles. The van der Waals surface area contributed by atoms with Gasteiger partial charge in [0.2, 0.25) is 0 Å². The molecule has 0 radical (unpaired) electrons. The van der Waals surface area contributed by atoms with Crippen molar-refractivity contribution < 1.29 is 14.3 Å². The van der Waals surface area contributed by atoms with E-state index in [1.165, 1.54) is 12.8 Å². The summed E-state index contributed by atoms with van der Waals surface area (Å²) in [7, 11) is 0. The van der Waals surface area contributed by atoms with E-state index in [-0.39, 0.29) is 22.7 Å². The Morgan fingerprint density at radius 1 is 1.17 bits per heavy atom. The molecule has 1 aliphatic heterocycles. The maximum absolute atomic E-state index is 12.1. The Bertz CT molecular complexity index is 592. The monoisotopic (exact) mass is 316 g/mol. The number of fused-ring (bicyclic) bond motifs is 5. The van der Waals surface area contributed by atoms with E-state index in [1.54, 1.807) is 6.92 Å². The van der Waals surface area contributed by atoms with Gasteiger partial charge in [-0.25, -0.2) is 0 Å². The van der Waals surface area contributed by atoms with E-state index in [9.17, 15) is 9.59 Å². The van der Waals surface area contributed by atoms with Gasteiger partial charge in [-0.05, 0) is 74.7 Å². The Morgan fingerprint density at radius 3 is 2.70 bits per heavy atom. The lowest BCUT2D eigenvalue weighted by Gasteiger charge is -2.56. The molecule has 0 N–H and O–H groups in total. The van der Waals surface area contributed by atoms with Gasteiger partial charge in [0.25, 0.3) is 0 Å². The normalized spacial score (nSPS) is 48.7. The Labute approximate surface area is 138 Å². The summed E-state index contributed by atoms with van der Waals surface area (Å²) in [4.78, 5) is 23.8. The van der Waals surface area contributed by atoms with Crippen molar-refractivity contribution >= 4 is 11.8 Å². The van der Waals surface area contributed by atoms with Gasteiger partial charge in [0, 0.05) is 17.8 Å². The molecule has 3 aliphatic carbocycles. The number of ether oxygens (including phenoxy) is 1. The van der Waals surface area contributed by atoms with Gasteiger partial charge in [0.1, 0.15) is 11.5 Å². The molecule has 3 nitrogen and oxygen atoms in total. The van der Waals surface area contributed by atoms with Crippen LogP contribution in [-0.2, 0) is 14.3 Å². The van der Waals surface area contributed by atoms with E-state index in [0.29, 0.717) is 30.0 Å². The molecule has 0 aromatic rings. The van der Waals surface area contributed by atoms with Crippen LogP contribution < -0.4 is 0 Å². The zero-order valence-electron chi connectivity index (χ0n) is 14.6. The molecule has 0 aromatic carbocycles. The number of Topliss-reactive ketones (excluding diaryl/α,β-unsaturated/α-hetero) is 1. The quantitative estimate of drug-likeness (QED) is 0.679. The summed E-state index contributed by atoms with van der Waals surface area (Å²) in [5.74, 6) is 3.45. The minimum Gasteiger partial charge on any atom is -0.431 e. The van der Waals surface area contributed by atoms with Gasteiger partial charge >= 0.3 is 5.97 Å². The highest BCUT2D eigenvalue weighted by molar-refractivity contribution is 5.79. The third-order valence-electron chi connectivity index (χ3n) is 7.96. The van der Waals surface area contributed by atoms with Crippen molar-refractivity contribution in [2.24, 2.45) is 34.5 Å². The fourth-order valence-corrected chi connectivity index (χ4v) is 6.74. The van der Waals surface area contributed by atoms with E-state index in [1.807, 2.05) is 0 Å². The first-order chi connectivity index (χ1) is 10.9. The molecule has 0 bridgehead atoms. The Balaban J connectivity index is 1.67. The molecule has 0 unspecified atom stereocenters. The van der Waals surface area contributed by atoms with E-state index >= 15 is 0 Å². The molecule has 0 spiro atoms. The van der Waals surface area contributed by atoms with Crippen LogP contribution in [0.15, 0.2) is 11.8 Å². The van der Waals surface area contributed by atoms with Gasteiger partial charge in [0.05, 0.1) is 0 Å². The van der Waals surface area contributed by atoms with Crippen molar-refractivity contribution in [2.75, 3.05) is 0 Å². The van der Waals surface area contributed by atoms with Crippen LogP contribution in [0, 0.1) is 34.5 Å². The second-order valence-corrected chi connectivity index (χ2v) is 8.86. The summed E-state index contributed by atoms with van der Waals surface area (Å²) in [6, 6.07) is 0. The molecule has 3 fully saturated rings. The fourth-order valence-electron chi connectivity index (χ4n) is 6.74. The summed E-state index contributed by atoms with van der Waals surface area (Å²) in [6.45, 7) is 6.46. The van der Waals surface area contributed by atoms with Crippen LogP contribution in [0.25, 0.3) is 0 Å². The first-order valence-corrected chi connectivity index (χ1v) is 9.28. The lowest BCUT2D eigenvalue weighted by atomic mass is 9.49. The fraction of sp³-hybridized carbons (Fsp3) is 0.800. The first-order valence-electron chi connectivity index (χ1n) is 9.28. The van der Waals surface area contributed by atoms with Gasteiger partial charge in [-0.2, -0.15) is 0 Å². The maximum atomic E-state index is 12.1. The standard InChI is InChI=1S/C20H28O3/c1-12(21)14-5-6-15-13-4-7-17-20(3,11-9-18(22)23-17)16(13)8-10-19(14,15)2/h7,13-16H,4-6,8-11H2,1-3H3/t13-,14-,15+,16-,19-,20-/m1/s1. The molecule has 126 valence electrons. The Hall–Kier alpha value is -1.12. The molecule has 3 heteroatoms. The lowest BCUT2D eigenvalue weighted by Crippen LogP contribution is -2.51. The average Bonchev–Trinajstić information content (AvgIpc) is 2.85. The van der Waals surface area contributed by atoms with Crippen LogP contribution in [0.4, 0.5) is 0 Å². The van der Waals surface area contributed by atoms with Crippen LogP contribution in [-0.4, -0.2) is 11.8 Å². The number of ketones is 1. The van der Waals surface area contributed by atoms with E-state index in [4.69, 9.17) is 4.74 Å². The predicted octanol–water partition coefficient (Wildman–Crippen LogP) is 4.27. The van der Waals surface area contributed by atoms with Crippen molar-refractivity contribution in [2.45, 2.75) is 65.7 Å². The summed E-state index contributed by atoms with van der Waals surface area (Å²) in [6.07, 6.45) is 9.29. The van der Waals surface area contributed by atoms with Crippen molar-refractivity contribution in [1.82, 2.24) is 0 Å². The number of carbonyl (C=O) groups excluding carboxylic acids is 2. The molecule has 0 amide bonds. The number of carbonyl (C=O) groups is 2. The van der Waals surface area contributed by atoms with Gasteiger partial charge < -0.3 is 4.74 Å². The second-order valence-electron chi connectivity index (χ2n) is 8.86. The minimum atomic E-state index is -0.0645. The average molecular weight is 316 g/mol. The van der Waals surface area contributed by atoms with Gasteiger partial charge in [-0.15, -0.1) is 0 Å². The molecule has 4 aliphatic rings. The number of allylic oxidation sites excluding steroid dienone is 2. The largest absolute Gasteiger partial charge is 0.431 e. The zero-order chi connectivity index (χ0) is 16.4. The minimum absolute atomic E-state index is 0.0342. The smallest absolute Gasteiger partial charge is 0.310 e. The van der Waals surface area contributed by atoms with Crippen LogP contribution in [0.3, 0.4) is 0 Å². The molecule has 6 atom stereocenters. The third kappa shape index (κ3) is 2.01. The van der Waals surface area contributed by atoms with Crippen LogP contribution >= 0.6 is 0 Å². The second kappa shape index (κ2) is 4.94. The molecule has 1 heterocycles. The topological polar surface area (TPSA) is 43.4 Å². The van der Waals surface area contributed by atoms with E-state index < -0.39 is 0 Å². The number of esters is 1. The van der Waals surface area contributed by atoms with Crippen molar-refractivity contribution in [3.63, 3.8) is 0 Å².